The van der Waals surface area contributed by atoms with Crippen molar-refractivity contribution in [3.8, 4) is 17.4 Å². The standard InChI is InChI=1S/C29H29N3O5/c1-4-35-29(34)20-7-11-22-23(15-20)31-28(33)26(22)27(19-8-12-24-25(16-19)37-14-13-36-24)30-21-9-5-18(6-10-21)17-32(2)3/h5-12,15-16,31,33H,4,13-14,17H2,1-3H3. The molecule has 1 aromatic heterocycles. The molecule has 1 aliphatic heterocycles. The minimum atomic E-state index is -0.418. The lowest BCUT2D eigenvalue weighted by atomic mass is 9.99. The zero-order chi connectivity index (χ0) is 25.9. The van der Waals surface area contributed by atoms with Crippen LogP contribution in [0, 0.1) is 0 Å². The summed E-state index contributed by atoms with van der Waals surface area (Å²) in [6.07, 6.45) is 0. The fraction of sp³-hybridized carbons (Fsp3) is 0.241. The maximum Gasteiger partial charge on any atom is 0.338 e. The maximum atomic E-state index is 12.3. The first-order valence-electron chi connectivity index (χ1n) is 12.2. The highest BCUT2D eigenvalue weighted by molar-refractivity contribution is 6.22. The second-order valence-electron chi connectivity index (χ2n) is 9.05. The molecule has 8 nitrogen and oxygen atoms in total. The normalized spacial score (nSPS) is 13.2. The molecule has 5 rings (SSSR count). The molecule has 1 aliphatic rings. The lowest BCUT2D eigenvalue weighted by Crippen LogP contribution is -2.16. The Morgan fingerprint density at radius 3 is 2.46 bits per heavy atom. The van der Waals surface area contributed by atoms with E-state index in [4.69, 9.17) is 19.2 Å². The van der Waals surface area contributed by atoms with Crippen molar-refractivity contribution < 1.29 is 24.1 Å². The molecular weight excluding hydrogens is 470 g/mol. The van der Waals surface area contributed by atoms with Crippen LogP contribution >= 0.6 is 0 Å². The number of rotatable bonds is 7. The van der Waals surface area contributed by atoms with E-state index in [-0.39, 0.29) is 12.5 Å². The number of aliphatic imine (C=N–C) groups is 1. The van der Waals surface area contributed by atoms with Crippen molar-refractivity contribution in [2.45, 2.75) is 13.5 Å². The number of carbonyl (C=O) groups is 1. The van der Waals surface area contributed by atoms with Gasteiger partial charge in [-0.15, -0.1) is 0 Å². The van der Waals surface area contributed by atoms with E-state index < -0.39 is 5.97 Å². The molecule has 0 radical (unpaired) electrons. The van der Waals surface area contributed by atoms with Gasteiger partial charge in [0.25, 0.3) is 0 Å². The van der Waals surface area contributed by atoms with Crippen LogP contribution in [0.25, 0.3) is 10.9 Å². The van der Waals surface area contributed by atoms with Crippen molar-refractivity contribution in [3.63, 3.8) is 0 Å². The van der Waals surface area contributed by atoms with Crippen LogP contribution in [0.1, 0.15) is 34.0 Å². The molecule has 2 heterocycles. The zero-order valence-electron chi connectivity index (χ0n) is 21.1. The molecule has 0 atom stereocenters. The summed E-state index contributed by atoms with van der Waals surface area (Å²) in [5, 5.41) is 11.8. The smallest absolute Gasteiger partial charge is 0.338 e. The van der Waals surface area contributed by atoms with Crippen molar-refractivity contribution in [1.29, 1.82) is 0 Å². The number of H-pyrrole nitrogens is 1. The van der Waals surface area contributed by atoms with Crippen LogP contribution < -0.4 is 9.47 Å². The number of benzene rings is 3. The van der Waals surface area contributed by atoms with Crippen molar-refractivity contribution in [3.05, 3.63) is 82.9 Å². The van der Waals surface area contributed by atoms with Crippen molar-refractivity contribution in [2.24, 2.45) is 4.99 Å². The fourth-order valence-electron chi connectivity index (χ4n) is 4.39. The van der Waals surface area contributed by atoms with Gasteiger partial charge in [-0.25, -0.2) is 9.79 Å². The molecule has 0 aliphatic carbocycles. The van der Waals surface area contributed by atoms with Gasteiger partial charge in [-0.3, -0.25) is 0 Å². The number of hydrogen-bond acceptors (Lipinski definition) is 7. The van der Waals surface area contributed by atoms with Gasteiger partial charge < -0.3 is 29.2 Å². The molecule has 0 spiro atoms. The van der Waals surface area contributed by atoms with Crippen molar-refractivity contribution in [1.82, 2.24) is 9.88 Å². The van der Waals surface area contributed by atoms with E-state index in [0.29, 0.717) is 47.1 Å². The number of aromatic amines is 1. The van der Waals surface area contributed by atoms with Gasteiger partial charge in [0, 0.05) is 23.0 Å². The number of nitrogens with one attached hydrogen (secondary N) is 1. The Morgan fingerprint density at radius 2 is 1.73 bits per heavy atom. The Balaban J connectivity index is 1.64. The summed E-state index contributed by atoms with van der Waals surface area (Å²) in [6.45, 7) is 3.83. The van der Waals surface area contributed by atoms with Gasteiger partial charge >= 0.3 is 5.97 Å². The first-order valence-corrected chi connectivity index (χ1v) is 12.2. The van der Waals surface area contributed by atoms with Crippen LogP contribution in [0.2, 0.25) is 0 Å². The molecule has 8 heteroatoms. The molecule has 4 aromatic rings. The van der Waals surface area contributed by atoms with Crippen molar-refractivity contribution in [2.75, 3.05) is 33.9 Å². The van der Waals surface area contributed by atoms with Gasteiger partial charge in [0.2, 0.25) is 0 Å². The molecule has 0 saturated carbocycles. The molecule has 190 valence electrons. The molecule has 0 amide bonds. The molecule has 0 fully saturated rings. The topological polar surface area (TPSA) is 96.4 Å². The highest BCUT2D eigenvalue weighted by Gasteiger charge is 2.22. The fourth-order valence-corrected chi connectivity index (χ4v) is 4.39. The number of fused-ring (bicyclic) bond motifs is 2. The average Bonchev–Trinajstić information content (AvgIpc) is 3.22. The second kappa shape index (κ2) is 10.4. The summed E-state index contributed by atoms with van der Waals surface area (Å²) < 4.78 is 16.6. The summed E-state index contributed by atoms with van der Waals surface area (Å²) in [5.41, 5.74) is 4.76. The SMILES string of the molecule is CCOC(=O)c1ccc2c(C(=Nc3ccc(CN(C)C)cc3)c3ccc4c(c3)OCCO4)c(O)[nH]c2c1. The maximum absolute atomic E-state index is 12.3. The van der Waals surface area contributed by atoms with Crippen LogP contribution in [0.15, 0.2) is 65.7 Å². The van der Waals surface area contributed by atoms with Gasteiger partial charge in [-0.2, -0.15) is 0 Å². The quantitative estimate of drug-likeness (QED) is 0.273. The van der Waals surface area contributed by atoms with E-state index in [0.717, 1.165) is 23.2 Å². The van der Waals surface area contributed by atoms with Gasteiger partial charge in [0.1, 0.15) is 13.2 Å². The van der Waals surface area contributed by atoms with E-state index in [9.17, 15) is 9.90 Å². The summed E-state index contributed by atoms with van der Waals surface area (Å²) in [6, 6.07) is 18.8. The predicted molar refractivity (Wildman–Crippen MR) is 142 cm³/mol. The first kappa shape index (κ1) is 24.4. The lowest BCUT2D eigenvalue weighted by Gasteiger charge is -2.19. The molecule has 0 bridgehead atoms. The van der Waals surface area contributed by atoms with E-state index in [2.05, 4.69) is 9.88 Å². The number of esters is 1. The third-order valence-electron chi connectivity index (χ3n) is 6.02. The van der Waals surface area contributed by atoms with E-state index in [1.165, 1.54) is 5.56 Å². The van der Waals surface area contributed by atoms with Gasteiger partial charge in [-0.05, 0) is 69.0 Å². The number of nitrogens with zero attached hydrogens (tertiary/aromatic N) is 2. The Kier molecular flexibility index (Phi) is 6.83. The Hall–Kier alpha value is -4.30. The largest absolute Gasteiger partial charge is 0.494 e. The van der Waals surface area contributed by atoms with E-state index >= 15 is 0 Å². The highest BCUT2D eigenvalue weighted by atomic mass is 16.6. The van der Waals surface area contributed by atoms with Crippen LogP contribution in [-0.2, 0) is 11.3 Å². The summed E-state index contributed by atoms with van der Waals surface area (Å²) in [4.78, 5) is 22.3. The molecular formula is C29H29N3O5. The van der Waals surface area contributed by atoms with Gasteiger partial charge in [-0.1, -0.05) is 18.2 Å². The molecule has 0 saturated heterocycles. The summed E-state index contributed by atoms with van der Waals surface area (Å²) in [5.74, 6) is 0.832. The van der Waals surface area contributed by atoms with Crippen LogP contribution in [0.4, 0.5) is 5.69 Å². The van der Waals surface area contributed by atoms with Gasteiger partial charge in [0.05, 0.1) is 29.1 Å². The van der Waals surface area contributed by atoms with Crippen LogP contribution in [0.3, 0.4) is 0 Å². The minimum Gasteiger partial charge on any atom is -0.494 e. The number of carbonyl (C=O) groups excluding carboxylic acids is 1. The summed E-state index contributed by atoms with van der Waals surface area (Å²) >= 11 is 0. The van der Waals surface area contributed by atoms with Crippen LogP contribution in [0.5, 0.6) is 17.4 Å². The number of ether oxygens (including phenoxy) is 3. The summed E-state index contributed by atoms with van der Waals surface area (Å²) in [7, 11) is 4.05. The number of aromatic hydroxyl groups is 1. The Morgan fingerprint density at radius 1 is 1.00 bits per heavy atom. The molecule has 2 N–H and O–H groups in total. The molecule has 0 unspecified atom stereocenters. The Bertz CT molecular complexity index is 1470. The molecule has 3 aromatic carbocycles. The van der Waals surface area contributed by atoms with E-state index in [1.807, 2.05) is 56.6 Å². The Labute approximate surface area is 215 Å². The third kappa shape index (κ3) is 5.15. The lowest BCUT2D eigenvalue weighted by molar-refractivity contribution is 0.0526. The second-order valence-corrected chi connectivity index (χ2v) is 9.05. The van der Waals surface area contributed by atoms with E-state index in [1.54, 1.807) is 25.1 Å². The average molecular weight is 500 g/mol. The van der Waals surface area contributed by atoms with Crippen LogP contribution in [-0.4, -0.2) is 60.6 Å². The predicted octanol–water partition coefficient (Wildman–Crippen LogP) is 5.05. The number of aromatic nitrogens is 1. The third-order valence-corrected chi connectivity index (χ3v) is 6.02. The van der Waals surface area contributed by atoms with Crippen molar-refractivity contribution >= 4 is 28.3 Å². The molecule has 37 heavy (non-hydrogen) atoms. The monoisotopic (exact) mass is 499 g/mol. The number of hydrogen-bond donors (Lipinski definition) is 2. The van der Waals surface area contributed by atoms with Gasteiger partial charge in [0.15, 0.2) is 17.4 Å². The highest BCUT2D eigenvalue weighted by Crippen LogP contribution is 2.36. The zero-order valence-corrected chi connectivity index (χ0v) is 21.1. The first-order chi connectivity index (χ1) is 17.9. The minimum absolute atomic E-state index is 0.0473.